The number of rotatable bonds is 1. The van der Waals surface area contributed by atoms with Gasteiger partial charge in [0, 0.05) is 0 Å². The maximum absolute atomic E-state index is 3.55. The fourth-order valence-corrected chi connectivity index (χ4v) is 4.86. The van der Waals surface area contributed by atoms with Crippen LogP contribution in [0.15, 0.2) is 0 Å². The van der Waals surface area contributed by atoms with E-state index in [2.05, 4.69) is 37.8 Å². The van der Waals surface area contributed by atoms with Crippen molar-refractivity contribution in [2.24, 2.45) is 23.2 Å². The molecule has 82 valence electrons. The average molecular weight is 213 g/mol. The van der Waals surface area contributed by atoms with E-state index < -0.39 is 0 Å². The van der Waals surface area contributed by atoms with Crippen molar-refractivity contribution in [2.45, 2.75) is 27.2 Å². The number of hydrogen-bond donors (Lipinski definition) is 1. The van der Waals surface area contributed by atoms with E-state index in [4.69, 9.17) is 0 Å². The van der Waals surface area contributed by atoms with Gasteiger partial charge in [-0.1, -0.05) is 20.8 Å². The highest BCUT2D eigenvalue weighted by atomic mass is 32.2. The Hall–Kier alpha value is 0.310. The number of nitrogens with one attached hydrogen (secondary N) is 1. The van der Waals surface area contributed by atoms with E-state index >= 15 is 0 Å². The van der Waals surface area contributed by atoms with Crippen LogP contribution >= 0.6 is 11.8 Å². The third-order valence-electron chi connectivity index (χ3n) is 4.52. The molecule has 0 saturated carbocycles. The van der Waals surface area contributed by atoms with Gasteiger partial charge in [0.25, 0.3) is 0 Å². The molecule has 0 aromatic rings. The molecule has 2 fully saturated rings. The second-order valence-electron chi connectivity index (χ2n) is 5.54. The average Bonchev–Trinajstić information content (AvgIpc) is 2.18. The van der Waals surface area contributed by atoms with Crippen molar-refractivity contribution in [3.8, 4) is 0 Å². The predicted octanol–water partition coefficient (Wildman–Crippen LogP) is 2.62. The molecule has 2 aliphatic rings. The molecule has 2 heterocycles. The highest BCUT2D eigenvalue weighted by Gasteiger charge is 2.44. The van der Waals surface area contributed by atoms with E-state index in [0.29, 0.717) is 5.41 Å². The molecule has 0 aliphatic carbocycles. The highest BCUT2D eigenvalue weighted by molar-refractivity contribution is 7.99. The smallest absolute Gasteiger partial charge is 0.000811 e. The van der Waals surface area contributed by atoms with Crippen LogP contribution in [0.3, 0.4) is 0 Å². The molecule has 0 radical (unpaired) electrons. The Balaban J connectivity index is 2.15. The van der Waals surface area contributed by atoms with Gasteiger partial charge in [0.1, 0.15) is 0 Å². The SMILES string of the molecule is CC(C)C1(C)CSCC2CNCCC21. The Bertz CT molecular complexity index is 202. The van der Waals surface area contributed by atoms with Crippen LogP contribution in [0.2, 0.25) is 0 Å². The van der Waals surface area contributed by atoms with Gasteiger partial charge in [0.2, 0.25) is 0 Å². The normalized spacial score (nSPS) is 43.7. The number of hydrogen-bond acceptors (Lipinski definition) is 2. The molecule has 2 aliphatic heterocycles. The summed E-state index contributed by atoms with van der Waals surface area (Å²) >= 11 is 2.18. The van der Waals surface area contributed by atoms with Gasteiger partial charge in [-0.05, 0) is 54.2 Å². The number of piperidine rings is 1. The van der Waals surface area contributed by atoms with Crippen molar-refractivity contribution < 1.29 is 0 Å². The second kappa shape index (κ2) is 4.05. The third-order valence-corrected chi connectivity index (χ3v) is 6.01. The Labute approximate surface area is 92.4 Å². The van der Waals surface area contributed by atoms with Gasteiger partial charge in [-0.2, -0.15) is 11.8 Å². The van der Waals surface area contributed by atoms with Gasteiger partial charge in [0.15, 0.2) is 0 Å². The van der Waals surface area contributed by atoms with Crippen LogP contribution in [-0.2, 0) is 0 Å². The lowest BCUT2D eigenvalue weighted by atomic mass is 9.63. The number of fused-ring (bicyclic) bond motifs is 1. The molecule has 0 amide bonds. The molecule has 0 aromatic heterocycles. The Morgan fingerprint density at radius 2 is 2.21 bits per heavy atom. The topological polar surface area (TPSA) is 12.0 Å². The van der Waals surface area contributed by atoms with Crippen molar-refractivity contribution in [1.29, 1.82) is 0 Å². The molecule has 2 saturated heterocycles. The summed E-state index contributed by atoms with van der Waals surface area (Å²) in [5, 5.41) is 3.55. The molecular formula is C12H23NS. The molecule has 0 bridgehead atoms. The number of thioether (sulfide) groups is 1. The van der Waals surface area contributed by atoms with Crippen LogP contribution in [0.5, 0.6) is 0 Å². The highest BCUT2D eigenvalue weighted by Crippen LogP contribution is 2.49. The van der Waals surface area contributed by atoms with Crippen molar-refractivity contribution in [1.82, 2.24) is 5.32 Å². The van der Waals surface area contributed by atoms with Gasteiger partial charge in [-0.25, -0.2) is 0 Å². The summed E-state index contributed by atoms with van der Waals surface area (Å²) in [6.07, 6.45) is 1.40. The quantitative estimate of drug-likeness (QED) is 0.718. The summed E-state index contributed by atoms with van der Waals surface area (Å²) < 4.78 is 0. The van der Waals surface area contributed by atoms with Gasteiger partial charge in [-0.3, -0.25) is 0 Å². The van der Waals surface area contributed by atoms with Gasteiger partial charge in [0.05, 0.1) is 0 Å². The molecule has 1 nitrogen and oxygen atoms in total. The lowest BCUT2D eigenvalue weighted by Gasteiger charge is -2.50. The fraction of sp³-hybridized carbons (Fsp3) is 1.00. The molecule has 2 heteroatoms. The zero-order valence-electron chi connectivity index (χ0n) is 9.68. The van der Waals surface area contributed by atoms with E-state index in [9.17, 15) is 0 Å². The molecule has 1 N–H and O–H groups in total. The molecule has 3 unspecified atom stereocenters. The van der Waals surface area contributed by atoms with Crippen LogP contribution in [0, 0.1) is 23.2 Å². The van der Waals surface area contributed by atoms with Crippen LogP contribution in [0.1, 0.15) is 27.2 Å². The lowest BCUT2D eigenvalue weighted by Crippen LogP contribution is -2.51. The van der Waals surface area contributed by atoms with Crippen molar-refractivity contribution in [2.75, 3.05) is 24.6 Å². The standard InChI is InChI=1S/C12H23NS/c1-9(2)12(3)8-14-7-10-6-13-5-4-11(10)12/h9-11,13H,4-8H2,1-3H3. The van der Waals surface area contributed by atoms with Gasteiger partial charge < -0.3 is 5.32 Å². The summed E-state index contributed by atoms with van der Waals surface area (Å²) in [6, 6.07) is 0. The Morgan fingerprint density at radius 1 is 1.43 bits per heavy atom. The van der Waals surface area contributed by atoms with E-state index in [1.165, 1.54) is 31.0 Å². The fourth-order valence-electron chi connectivity index (χ4n) is 3.10. The van der Waals surface area contributed by atoms with Gasteiger partial charge in [-0.15, -0.1) is 0 Å². The summed E-state index contributed by atoms with van der Waals surface area (Å²) in [6.45, 7) is 9.84. The molecule has 14 heavy (non-hydrogen) atoms. The first-order valence-electron chi connectivity index (χ1n) is 5.93. The maximum Gasteiger partial charge on any atom is -0.000811 e. The van der Waals surface area contributed by atoms with Crippen LogP contribution in [-0.4, -0.2) is 24.6 Å². The summed E-state index contributed by atoms with van der Waals surface area (Å²) in [5.41, 5.74) is 0.593. The minimum absolute atomic E-state index is 0.593. The second-order valence-corrected chi connectivity index (χ2v) is 6.57. The van der Waals surface area contributed by atoms with Gasteiger partial charge >= 0.3 is 0 Å². The molecule has 0 aromatic carbocycles. The predicted molar refractivity (Wildman–Crippen MR) is 64.7 cm³/mol. The minimum atomic E-state index is 0.593. The van der Waals surface area contributed by atoms with E-state index in [-0.39, 0.29) is 0 Å². The zero-order valence-corrected chi connectivity index (χ0v) is 10.5. The first kappa shape index (κ1) is 10.8. The molecular weight excluding hydrogens is 190 g/mol. The van der Waals surface area contributed by atoms with Crippen molar-refractivity contribution >= 4 is 11.8 Å². The van der Waals surface area contributed by atoms with Crippen LogP contribution in [0.25, 0.3) is 0 Å². The summed E-state index contributed by atoms with van der Waals surface area (Å²) in [7, 11) is 0. The van der Waals surface area contributed by atoms with Crippen LogP contribution < -0.4 is 5.32 Å². The lowest BCUT2D eigenvalue weighted by molar-refractivity contribution is 0.0665. The first-order valence-corrected chi connectivity index (χ1v) is 7.08. The van der Waals surface area contributed by atoms with E-state index in [0.717, 1.165) is 17.8 Å². The summed E-state index contributed by atoms with van der Waals surface area (Å²) in [5.74, 6) is 5.52. The van der Waals surface area contributed by atoms with E-state index in [1.807, 2.05) is 0 Å². The van der Waals surface area contributed by atoms with Crippen molar-refractivity contribution in [3.05, 3.63) is 0 Å². The van der Waals surface area contributed by atoms with E-state index in [1.54, 1.807) is 0 Å². The maximum atomic E-state index is 3.55. The monoisotopic (exact) mass is 213 g/mol. The molecule has 3 atom stereocenters. The first-order chi connectivity index (χ1) is 6.64. The summed E-state index contributed by atoms with van der Waals surface area (Å²) in [4.78, 5) is 0. The Kier molecular flexibility index (Phi) is 3.13. The largest absolute Gasteiger partial charge is 0.316 e. The molecule has 0 spiro atoms. The Morgan fingerprint density at radius 3 is 2.93 bits per heavy atom. The minimum Gasteiger partial charge on any atom is -0.316 e. The third kappa shape index (κ3) is 1.71. The molecule has 2 rings (SSSR count). The zero-order chi connectivity index (χ0) is 10.2. The van der Waals surface area contributed by atoms with Crippen molar-refractivity contribution in [3.63, 3.8) is 0 Å². The van der Waals surface area contributed by atoms with Crippen LogP contribution in [0.4, 0.5) is 0 Å².